The van der Waals surface area contributed by atoms with E-state index in [0.29, 0.717) is 5.56 Å². The largest absolute Gasteiger partial charge is 0.478 e. The number of hydrogen-bond donors (Lipinski definition) is 1. The molecule has 1 aromatic carbocycles. The van der Waals surface area contributed by atoms with Gasteiger partial charge >= 0.3 is 5.97 Å². The van der Waals surface area contributed by atoms with Crippen LogP contribution in [-0.4, -0.2) is 16.1 Å². The molecule has 1 heterocycles. The second kappa shape index (κ2) is 4.37. The molecule has 1 N–H and O–H groups in total. The van der Waals surface area contributed by atoms with E-state index >= 15 is 0 Å². The second-order valence-corrected chi connectivity index (χ2v) is 3.97. The summed E-state index contributed by atoms with van der Waals surface area (Å²) in [5.74, 6) is -0.950. The van der Waals surface area contributed by atoms with Crippen LogP contribution < -0.4 is 0 Å². The molecule has 3 nitrogen and oxygen atoms in total. The number of aryl methyl sites for hydroxylation is 1. The van der Waals surface area contributed by atoms with Crippen molar-refractivity contribution in [1.29, 1.82) is 0 Å². The van der Waals surface area contributed by atoms with Crippen molar-refractivity contribution >= 4 is 5.97 Å². The summed E-state index contributed by atoms with van der Waals surface area (Å²) in [5, 5.41) is 9.15. The molecule has 1 aromatic heterocycles. The maximum Gasteiger partial charge on any atom is 0.337 e. The van der Waals surface area contributed by atoms with Gasteiger partial charge in [0.15, 0.2) is 0 Å². The molecule has 0 atom stereocenters. The SMILES string of the molecule is Cc1cccc(-c2ccncc2C(=O)O)c1C. The van der Waals surface area contributed by atoms with Gasteiger partial charge in [0, 0.05) is 12.4 Å². The van der Waals surface area contributed by atoms with Crippen molar-refractivity contribution in [1.82, 2.24) is 4.98 Å². The third kappa shape index (κ3) is 2.04. The number of carboxylic acid groups (broad SMARTS) is 1. The van der Waals surface area contributed by atoms with Gasteiger partial charge in [0.25, 0.3) is 0 Å². The van der Waals surface area contributed by atoms with Gasteiger partial charge in [0.2, 0.25) is 0 Å². The molecule has 0 aliphatic rings. The second-order valence-electron chi connectivity index (χ2n) is 3.97. The van der Waals surface area contributed by atoms with Gasteiger partial charge in [-0.15, -0.1) is 0 Å². The van der Waals surface area contributed by atoms with E-state index in [1.165, 1.54) is 6.20 Å². The van der Waals surface area contributed by atoms with E-state index in [-0.39, 0.29) is 5.56 Å². The van der Waals surface area contributed by atoms with Crippen molar-refractivity contribution in [2.75, 3.05) is 0 Å². The third-order valence-electron chi connectivity index (χ3n) is 2.95. The molecule has 2 rings (SSSR count). The number of aromatic nitrogens is 1. The molecule has 0 unspecified atom stereocenters. The Hall–Kier alpha value is -2.16. The molecule has 0 fully saturated rings. The summed E-state index contributed by atoms with van der Waals surface area (Å²) in [4.78, 5) is 15.0. The molecule has 0 spiro atoms. The van der Waals surface area contributed by atoms with E-state index < -0.39 is 5.97 Å². The van der Waals surface area contributed by atoms with Gasteiger partial charge < -0.3 is 5.11 Å². The first-order valence-electron chi connectivity index (χ1n) is 5.35. The number of aromatic carboxylic acids is 1. The van der Waals surface area contributed by atoms with E-state index in [2.05, 4.69) is 4.98 Å². The normalized spacial score (nSPS) is 10.2. The van der Waals surface area contributed by atoms with Crippen LogP contribution in [0.4, 0.5) is 0 Å². The number of rotatable bonds is 2. The first kappa shape index (κ1) is 11.3. The smallest absolute Gasteiger partial charge is 0.337 e. The Morgan fingerprint density at radius 1 is 1.18 bits per heavy atom. The summed E-state index contributed by atoms with van der Waals surface area (Å²) in [7, 11) is 0. The number of carboxylic acids is 1. The highest BCUT2D eigenvalue weighted by Crippen LogP contribution is 2.27. The highest BCUT2D eigenvalue weighted by molar-refractivity contribution is 5.96. The molecule has 0 amide bonds. The molecule has 0 aliphatic heterocycles. The topological polar surface area (TPSA) is 50.2 Å². The fourth-order valence-electron chi connectivity index (χ4n) is 1.84. The third-order valence-corrected chi connectivity index (χ3v) is 2.95. The van der Waals surface area contributed by atoms with Crippen LogP contribution in [0.3, 0.4) is 0 Å². The molecule has 0 radical (unpaired) electrons. The van der Waals surface area contributed by atoms with Crippen molar-refractivity contribution in [3.63, 3.8) is 0 Å². The molecule has 86 valence electrons. The van der Waals surface area contributed by atoms with Crippen LogP contribution in [0.15, 0.2) is 36.7 Å². The molecule has 0 saturated heterocycles. The summed E-state index contributed by atoms with van der Waals surface area (Å²) >= 11 is 0. The molecule has 0 saturated carbocycles. The van der Waals surface area contributed by atoms with E-state index in [0.717, 1.165) is 16.7 Å². The van der Waals surface area contributed by atoms with Crippen LogP contribution in [0.5, 0.6) is 0 Å². The average molecular weight is 227 g/mol. The zero-order valence-electron chi connectivity index (χ0n) is 9.77. The Labute approximate surface area is 99.8 Å². The molecular weight excluding hydrogens is 214 g/mol. The van der Waals surface area contributed by atoms with Crippen LogP contribution in [-0.2, 0) is 0 Å². The zero-order valence-corrected chi connectivity index (χ0v) is 9.77. The van der Waals surface area contributed by atoms with E-state index in [1.807, 2.05) is 32.0 Å². The number of carbonyl (C=O) groups is 1. The lowest BCUT2D eigenvalue weighted by atomic mass is 9.95. The predicted octanol–water partition coefficient (Wildman–Crippen LogP) is 3.06. The van der Waals surface area contributed by atoms with Crippen molar-refractivity contribution < 1.29 is 9.90 Å². The van der Waals surface area contributed by atoms with Crippen LogP contribution in [0.1, 0.15) is 21.5 Å². The van der Waals surface area contributed by atoms with Gasteiger partial charge in [-0.25, -0.2) is 4.79 Å². The fraction of sp³-hybridized carbons (Fsp3) is 0.143. The lowest BCUT2D eigenvalue weighted by Gasteiger charge is -2.10. The summed E-state index contributed by atoms with van der Waals surface area (Å²) < 4.78 is 0. The maximum atomic E-state index is 11.2. The predicted molar refractivity (Wildman–Crippen MR) is 66.1 cm³/mol. The van der Waals surface area contributed by atoms with Crippen LogP contribution in [0.25, 0.3) is 11.1 Å². The van der Waals surface area contributed by atoms with Crippen LogP contribution in [0, 0.1) is 13.8 Å². The Balaban J connectivity index is 2.69. The Morgan fingerprint density at radius 3 is 2.65 bits per heavy atom. The minimum Gasteiger partial charge on any atom is -0.478 e. The number of pyridine rings is 1. The summed E-state index contributed by atoms with van der Waals surface area (Å²) in [5.41, 5.74) is 4.15. The van der Waals surface area contributed by atoms with E-state index in [9.17, 15) is 4.79 Å². The molecule has 3 heteroatoms. The first-order valence-corrected chi connectivity index (χ1v) is 5.35. The van der Waals surface area contributed by atoms with E-state index in [4.69, 9.17) is 5.11 Å². The Kier molecular flexibility index (Phi) is 2.91. The summed E-state index contributed by atoms with van der Waals surface area (Å²) in [6, 6.07) is 7.62. The zero-order chi connectivity index (χ0) is 12.4. The number of hydrogen-bond acceptors (Lipinski definition) is 2. The fourth-order valence-corrected chi connectivity index (χ4v) is 1.84. The van der Waals surface area contributed by atoms with Gasteiger partial charge in [-0.2, -0.15) is 0 Å². The lowest BCUT2D eigenvalue weighted by molar-refractivity contribution is 0.0697. The minimum absolute atomic E-state index is 0.237. The molecule has 0 aliphatic carbocycles. The first-order chi connectivity index (χ1) is 8.11. The minimum atomic E-state index is -0.950. The van der Waals surface area contributed by atoms with Crippen LogP contribution >= 0.6 is 0 Å². The number of nitrogens with zero attached hydrogens (tertiary/aromatic N) is 1. The quantitative estimate of drug-likeness (QED) is 0.857. The van der Waals surface area contributed by atoms with Gasteiger partial charge in [0.05, 0.1) is 5.56 Å². The van der Waals surface area contributed by atoms with Crippen LogP contribution in [0.2, 0.25) is 0 Å². The molecule has 17 heavy (non-hydrogen) atoms. The van der Waals surface area contributed by atoms with Gasteiger partial charge in [-0.3, -0.25) is 4.98 Å². The summed E-state index contributed by atoms with van der Waals surface area (Å²) in [6.45, 7) is 4.01. The van der Waals surface area contributed by atoms with Crippen molar-refractivity contribution in [2.45, 2.75) is 13.8 Å². The highest BCUT2D eigenvalue weighted by atomic mass is 16.4. The van der Waals surface area contributed by atoms with Crippen molar-refractivity contribution in [3.8, 4) is 11.1 Å². The standard InChI is InChI=1S/C14H13NO2/c1-9-4-3-5-11(10(9)2)12-6-7-15-8-13(12)14(16)17/h3-8H,1-2H3,(H,16,17). The molecular formula is C14H13NO2. The Bertz CT molecular complexity index is 576. The molecule has 0 bridgehead atoms. The molecule has 2 aromatic rings. The monoisotopic (exact) mass is 227 g/mol. The van der Waals surface area contributed by atoms with E-state index in [1.54, 1.807) is 12.3 Å². The highest BCUT2D eigenvalue weighted by Gasteiger charge is 2.13. The Morgan fingerprint density at radius 2 is 1.94 bits per heavy atom. The summed E-state index contributed by atoms with van der Waals surface area (Å²) in [6.07, 6.45) is 3.00. The average Bonchev–Trinajstić information content (AvgIpc) is 2.33. The number of benzene rings is 1. The van der Waals surface area contributed by atoms with Crippen molar-refractivity contribution in [3.05, 3.63) is 53.3 Å². The lowest BCUT2D eigenvalue weighted by Crippen LogP contribution is -2.01. The van der Waals surface area contributed by atoms with Gasteiger partial charge in [-0.05, 0) is 42.2 Å². The van der Waals surface area contributed by atoms with Gasteiger partial charge in [-0.1, -0.05) is 18.2 Å². The maximum absolute atomic E-state index is 11.2. The van der Waals surface area contributed by atoms with Gasteiger partial charge in [0.1, 0.15) is 0 Å². The van der Waals surface area contributed by atoms with Crippen molar-refractivity contribution in [2.24, 2.45) is 0 Å².